The summed E-state index contributed by atoms with van der Waals surface area (Å²) in [6, 6.07) is 3.97. The van der Waals surface area contributed by atoms with Crippen molar-refractivity contribution in [2.24, 2.45) is 0 Å². The van der Waals surface area contributed by atoms with E-state index in [1.165, 1.54) is 13.2 Å². The van der Waals surface area contributed by atoms with Gasteiger partial charge in [0.25, 0.3) is 0 Å². The minimum Gasteiger partial charge on any atom is -0.469 e. The summed E-state index contributed by atoms with van der Waals surface area (Å²) in [5, 5.41) is -0.297. The largest absolute Gasteiger partial charge is 0.469 e. The lowest BCUT2D eigenvalue weighted by Gasteiger charge is -2.16. The fourth-order valence-corrected chi connectivity index (χ4v) is 2.87. The molecule has 19 heavy (non-hydrogen) atoms. The zero-order valence-corrected chi connectivity index (χ0v) is 12.7. The third-order valence-electron chi connectivity index (χ3n) is 2.26. The molecular weight excluding hydrogens is 345 g/mol. The first kappa shape index (κ1) is 16.4. The lowest BCUT2D eigenvalue weighted by molar-refractivity contribution is -0.140. The monoisotopic (exact) mass is 356 g/mol. The quantitative estimate of drug-likeness (QED) is 0.586. The maximum Gasteiger partial charge on any atom is 0.417 e. The zero-order chi connectivity index (χ0) is 14.6. The number of halogens is 4. The molecular formula is C12H12BrF3O2S. The topological polar surface area (TPSA) is 26.3 Å². The van der Waals surface area contributed by atoms with Gasteiger partial charge in [0.05, 0.1) is 19.1 Å². The first-order chi connectivity index (χ1) is 8.74. The molecule has 0 aliphatic heterocycles. The number of carbonyl (C=O) groups is 1. The van der Waals surface area contributed by atoms with Crippen LogP contribution < -0.4 is 0 Å². The van der Waals surface area contributed by atoms with Gasteiger partial charge < -0.3 is 4.74 Å². The molecule has 0 radical (unpaired) electrons. The molecule has 0 spiro atoms. The maximum absolute atomic E-state index is 12.9. The average molecular weight is 357 g/mol. The number of methoxy groups -OCH3 is 1. The van der Waals surface area contributed by atoms with Gasteiger partial charge in [-0.3, -0.25) is 4.79 Å². The first-order valence-electron chi connectivity index (χ1n) is 5.34. The minimum absolute atomic E-state index is 0.0640. The van der Waals surface area contributed by atoms with Crippen molar-refractivity contribution in [2.45, 2.75) is 29.7 Å². The molecule has 1 aromatic rings. The van der Waals surface area contributed by atoms with Gasteiger partial charge in [-0.05, 0) is 18.2 Å². The highest BCUT2D eigenvalue weighted by molar-refractivity contribution is 9.10. The minimum atomic E-state index is -4.42. The lowest BCUT2D eigenvalue weighted by atomic mass is 10.2. The summed E-state index contributed by atoms with van der Waals surface area (Å²) in [4.78, 5) is 11.2. The van der Waals surface area contributed by atoms with E-state index in [4.69, 9.17) is 0 Å². The predicted molar refractivity (Wildman–Crippen MR) is 71.1 cm³/mol. The summed E-state index contributed by atoms with van der Waals surface area (Å²) in [7, 11) is 1.25. The van der Waals surface area contributed by atoms with E-state index >= 15 is 0 Å². The van der Waals surface area contributed by atoms with Crippen LogP contribution in [0, 0.1) is 0 Å². The molecule has 7 heteroatoms. The molecule has 0 aliphatic carbocycles. The molecule has 0 saturated heterocycles. The van der Waals surface area contributed by atoms with Gasteiger partial charge in [-0.2, -0.15) is 13.2 Å². The van der Waals surface area contributed by atoms with Gasteiger partial charge in [0.15, 0.2) is 0 Å². The van der Waals surface area contributed by atoms with E-state index in [0.717, 1.165) is 17.8 Å². The number of alkyl halides is 3. The van der Waals surface area contributed by atoms with Gasteiger partial charge in [0.2, 0.25) is 0 Å². The summed E-state index contributed by atoms with van der Waals surface area (Å²) < 4.78 is 43.5. The van der Waals surface area contributed by atoms with Gasteiger partial charge in [0.1, 0.15) is 0 Å². The van der Waals surface area contributed by atoms with E-state index in [1.54, 1.807) is 13.0 Å². The van der Waals surface area contributed by atoms with Gasteiger partial charge >= 0.3 is 12.1 Å². The summed E-state index contributed by atoms with van der Waals surface area (Å²) >= 11 is 4.03. The Morgan fingerprint density at radius 2 is 2.11 bits per heavy atom. The molecule has 2 nitrogen and oxygen atoms in total. The Hall–Kier alpha value is -0.690. The second-order valence-electron chi connectivity index (χ2n) is 3.85. The van der Waals surface area contributed by atoms with Crippen LogP contribution in [0.4, 0.5) is 13.2 Å². The van der Waals surface area contributed by atoms with Crippen molar-refractivity contribution in [1.82, 2.24) is 0 Å². The number of ether oxygens (including phenoxy) is 1. The van der Waals surface area contributed by atoms with Crippen molar-refractivity contribution in [1.29, 1.82) is 0 Å². The summed E-state index contributed by atoms with van der Waals surface area (Å²) in [5.41, 5.74) is -0.705. The zero-order valence-electron chi connectivity index (χ0n) is 10.3. The molecule has 0 aromatic heterocycles. The van der Waals surface area contributed by atoms with Crippen LogP contribution in [0.5, 0.6) is 0 Å². The molecule has 0 heterocycles. The fourth-order valence-electron chi connectivity index (χ4n) is 1.40. The lowest BCUT2D eigenvalue weighted by Crippen LogP contribution is -2.11. The third-order valence-corrected chi connectivity index (χ3v) is 3.93. The Morgan fingerprint density at radius 3 is 2.63 bits per heavy atom. The highest BCUT2D eigenvalue weighted by Gasteiger charge is 2.34. The Kier molecular flexibility index (Phi) is 5.73. The highest BCUT2D eigenvalue weighted by atomic mass is 79.9. The van der Waals surface area contributed by atoms with E-state index in [-0.39, 0.29) is 16.6 Å². The van der Waals surface area contributed by atoms with E-state index in [0.29, 0.717) is 4.47 Å². The molecule has 0 amide bonds. The Morgan fingerprint density at radius 1 is 1.47 bits per heavy atom. The van der Waals surface area contributed by atoms with Crippen molar-refractivity contribution >= 4 is 33.7 Å². The van der Waals surface area contributed by atoms with Crippen molar-refractivity contribution in [3.05, 3.63) is 28.2 Å². The number of hydrogen-bond donors (Lipinski definition) is 0. The molecule has 0 N–H and O–H groups in total. The highest BCUT2D eigenvalue weighted by Crippen LogP contribution is 2.39. The van der Waals surface area contributed by atoms with Crippen molar-refractivity contribution in [3.63, 3.8) is 0 Å². The maximum atomic E-state index is 12.9. The standard InChI is InChI=1S/C12H12BrF3O2S/c1-7(5-11(17)18-2)19-10-4-3-8(13)6-9(10)12(14,15)16/h3-4,6-7H,5H2,1-2H3. The second kappa shape index (κ2) is 6.65. The van der Waals surface area contributed by atoms with E-state index < -0.39 is 17.7 Å². The number of carbonyl (C=O) groups excluding carboxylic acids is 1. The SMILES string of the molecule is COC(=O)CC(C)Sc1ccc(Br)cc1C(F)(F)F. The summed E-state index contributed by atoms with van der Waals surface area (Å²) in [6.07, 6.45) is -4.36. The van der Waals surface area contributed by atoms with Crippen LogP contribution in [0.3, 0.4) is 0 Å². The van der Waals surface area contributed by atoms with Crippen molar-refractivity contribution in [3.8, 4) is 0 Å². The van der Waals surface area contributed by atoms with Crippen LogP contribution in [0.1, 0.15) is 18.9 Å². The van der Waals surface area contributed by atoms with Crippen LogP contribution in [-0.4, -0.2) is 18.3 Å². The third kappa shape index (κ3) is 5.06. The van der Waals surface area contributed by atoms with Gasteiger partial charge in [-0.15, -0.1) is 11.8 Å². The van der Waals surface area contributed by atoms with Crippen LogP contribution >= 0.6 is 27.7 Å². The molecule has 0 fully saturated rings. The number of esters is 1. The van der Waals surface area contributed by atoms with Crippen LogP contribution in [0.2, 0.25) is 0 Å². The molecule has 0 saturated carbocycles. The smallest absolute Gasteiger partial charge is 0.417 e. The summed E-state index contributed by atoms with van der Waals surface area (Å²) in [5.74, 6) is -0.439. The van der Waals surface area contributed by atoms with E-state index in [1.807, 2.05) is 0 Å². The number of rotatable bonds is 4. The molecule has 106 valence electrons. The Bertz CT molecular complexity index is 463. The van der Waals surface area contributed by atoms with Crippen LogP contribution in [-0.2, 0) is 15.7 Å². The van der Waals surface area contributed by atoms with Crippen LogP contribution in [0.15, 0.2) is 27.6 Å². The van der Waals surface area contributed by atoms with Gasteiger partial charge in [-0.25, -0.2) is 0 Å². The number of thioether (sulfide) groups is 1. The van der Waals surface area contributed by atoms with Crippen molar-refractivity contribution in [2.75, 3.05) is 7.11 Å². The second-order valence-corrected chi connectivity index (χ2v) is 6.24. The number of benzene rings is 1. The molecule has 0 aliphatic rings. The summed E-state index contributed by atoms with van der Waals surface area (Å²) in [6.45, 7) is 1.68. The van der Waals surface area contributed by atoms with Gasteiger partial charge in [0, 0.05) is 14.6 Å². The molecule has 1 unspecified atom stereocenters. The normalized spacial score (nSPS) is 13.2. The predicted octanol–water partition coefficient (Wildman–Crippen LogP) is 4.51. The average Bonchev–Trinajstić information content (AvgIpc) is 2.29. The Balaban J connectivity index is 2.92. The molecule has 1 rings (SSSR count). The Labute approximate surface area is 121 Å². The van der Waals surface area contributed by atoms with Crippen molar-refractivity contribution < 1.29 is 22.7 Å². The van der Waals surface area contributed by atoms with Crippen LogP contribution in [0.25, 0.3) is 0 Å². The van der Waals surface area contributed by atoms with Gasteiger partial charge in [-0.1, -0.05) is 22.9 Å². The first-order valence-corrected chi connectivity index (χ1v) is 7.01. The fraction of sp³-hybridized carbons (Fsp3) is 0.417. The molecule has 0 bridgehead atoms. The van der Waals surface area contributed by atoms with E-state index in [9.17, 15) is 18.0 Å². The molecule has 1 aromatic carbocycles. The van der Waals surface area contributed by atoms with E-state index in [2.05, 4.69) is 20.7 Å². The molecule has 1 atom stereocenters. The number of hydrogen-bond acceptors (Lipinski definition) is 3.